The number of fused-ring (bicyclic) bond motifs is 1. The lowest BCUT2D eigenvalue weighted by atomic mass is 9.80. The summed E-state index contributed by atoms with van der Waals surface area (Å²) >= 11 is 1.64. The molecular weight excluding hydrogens is 264 g/mol. The molecule has 1 unspecified atom stereocenters. The van der Waals surface area contributed by atoms with Crippen molar-refractivity contribution in [2.75, 3.05) is 0 Å². The fraction of sp³-hybridized carbons (Fsp3) is 0.389. The Morgan fingerprint density at radius 1 is 1.30 bits per heavy atom. The predicted octanol–water partition coefficient (Wildman–Crippen LogP) is 5.06. The molecule has 0 saturated carbocycles. The summed E-state index contributed by atoms with van der Waals surface area (Å²) in [6.45, 7) is 4.17. The fourth-order valence-electron chi connectivity index (χ4n) is 3.10. The lowest BCUT2D eigenvalue weighted by molar-refractivity contribution is 0.0975. The van der Waals surface area contributed by atoms with E-state index in [0.29, 0.717) is 18.1 Å². The van der Waals surface area contributed by atoms with Crippen LogP contribution in [-0.2, 0) is 6.42 Å². The zero-order valence-electron chi connectivity index (χ0n) is 12.1. The lowest BCUT2D eigenvalue weighted by Crippen LogP contribution is -2.13. The summed E-state index contributed by atoms with van der Waals surface area (Å²) in [5, 5.41) is 0. The number of rotatable bonds is 3. The van der Waals surface area contributed by atoms with Crippen LogP contribution in [0, 0.1) is 13.8 Å². The van der Waals surface area contributed by atoms with Crippen LogP contribution in [-0.4, -0.2) is 5.78 Å². The molecule has 0 spiro atoms. The maximum atomic E-state index is 12.5. The van der Waals surface area contributed by atoms with Crippen molar-refractivity contribution in [1.82, 2.24) is 0 Å². The molecular formula is C18H20OS. The van der Waals surface area contributed by atoms with E-state index >= 15 is 0 Å². The molecule has 0 aliphatic heterocycles. The maximum absolute atomic E-state index is 12.5. The van der Waals surface area contributed by atoms with Crippen molar-refractivity contribution in [1.29, 1.82) is 0 Å². The Morgan fingerprint density at radius 2 is 2.10 bits per heavy atom. The first-order valence-corrected chi connectivity index (χ1v) is 8.15. The number of thiophene rings is 1. The van der Waals surface area contributed by atoms with Gasteiger partial charge in [0.25, 0.3) is 0 Å². The average Bonchev–Trinajstić information content (AvgIpc) is 2.79. The number of Topliss-reactive ketones (excluding diaryl/α,β-unsaturated/α-hetero) is 1. The van der Waals surface area contributed by atoms with Crippen molar-refractivity contribution in [3.05, 3.63) is 56.8 Å². The van der Waals surface area contributed by atoms with Crippen LogP contribution < -0.4 is 0 Å². The molecule has 1 aromatic carbocycles. The van der Waals surface area contributed by atoms with E-state index in [-0.39, 0.29) is 0 Å². The van der Waals surface area contributed by atoms with Gasteiger partial charge in [0, 0.05) is 11.3 Å². The quantitative estimate of drug-likeness (QED) is 0.720. The number of aryl methyl sites for hydroxylation is 3. The lowest BCUT2D eigenvalue weighted by Gasteiger charge is -2.24. The molecule has 104 valence electrons. The first kappa shape index (κ1) is 13.6. The first-order chi connectivity index (χ1) is 9.65. The molecule has 2 heteroatoms. The first-order valence-electron chi connectivity index (χ1n) is 7.33. The van der Waals surface area contributed by atoms with E-state index < -0.39 is 0 Å². The normalized spacial score (nSPS) is 17.8. The van der Waals surface area contributed by atoms with Gasteiger partial charge in [-0.05, 0) is 61.8 Å². The standard InChI is InChI=1S/C18H20OS/c1-12-10-18(20-13(12)2)17(19)11-15-8-5-7-14-6-3-4-9-16(14)15/h3-4,6,9-10,15H,5,7-8,11H2,1-2H3. The molecule has 1 aromatic heterocycles. The van der Waals surface area contributed by atoms with Gasteiger partial charge < -0.3 is 0 Å². The summed E-state index contributed by atoms with van der Waals surface area (Å²) in [5.74, 6) is 0.725. The molecule has 3 rings (SSSR count). The third-order valence-electron chi connectivity index (χ3n) is 4.37. The summed E-state index contributed by atoms with van der Waals surface area (Å²) in [7, 11) is 0. The highest BCUT2D eigenvalue weighted by molar-refractivity contribution is 7.14. The van der Waals surface area contributed by atoms with Gasteiger partial charge >= 0.3 is 0 Å². The smallest absolute Gasteiger partial charge is 0.173 e. The third-order valence-corrected chi connectivity index (χ3v) is 5.56. The molecule has 1 aliphatic rings. The molecule has 1 atom stereocenters. The molecule has 20 heavy (non-hydrogen) atoms. The summed E-state index contributed by atoms with van der Waals surface area (Å²) in [6, 6.07) is 10.7. The summed E-state index contributed by atoms with van der Waals surface area (Å²) < 4.78 is 0. The van der Waals surface area contributed by atoms with E-state index in [0.717, 1.165) is 17.7 Å². The second kappa shape index (κ2) is 5.53. The maximum Gasteiger partial charge on any atom is 0.173 e. The van der Waals surface area contributed by atoms with E-state index in [2.05, 4.69) is 44.2 Å². The molecule has 2 aromatic rings. The monoisotopic (exact) mass is 284 g/mol. The fourth-order valence-corrected chi connectivity index (χ4v) is 4.08. The molecule has 1 heterocycles. The Hall–Kier alpha value is -1.41. The van der Waals surface area contributed by atoms with Crippen LogP contribution in [0.15, 0.2) is 30.3 Å². The van der Waals surface area contributed by atoms with Crippen molar-refractivity contribution >= 4 is 17.1 Å². The highest BCUT2D eigenvalue weighted by Gasteiger charge is 2.23. The van der Waals surface area contributed by atoms with Crippen LogP contribution in [0.1, 0.15) is 56.4 Å². The van der Waals surface area contributed by atoms with Crippen molar-refractivity contribution in [3.63, 3.8) is 0 Å². The van der Waals surface area contributed by atoms with Gasteiger partial charge in [-0.15, -0.1) is 11.3 Å². The largest absolute Gasteiger partial charge is 0.293 e. The minimum Gasteiger partial charge on any atom is -0.293 e. The van der Waals surface area contributed by atoms with Gasteiger partial charge in [-0.25, -0.2) is 0 Å². The van der Waals surface area contributed by atoms with E-state index in [1.54, 1.807) is 11.3 Å². The second-order valence-electron chi connectivity index (χ2n) is 5.77. The van der Waals surface area contributed by atoms with Crippen molar-refractivity contribution < 1.29 is 4.79 Å². The Bertz CT molecular complexity index is 619. The SMILES string of the molecule is Cc1cc(C(=O)CC2CCCc3ccccc32)sc1C. The topological polar surface area (TPSA) is 17.1 Å². The van der Waals surface area contributed by atoms with E-state index in [1.807, 2.05) is 0 Å². The van der Waals surface area contributed by atoms with Gasteiger partial charge in [-0.3, -0.25) is 4.79 Å². The minimum absolute atomic E-state index is 0.313. The van der Waals surface area contributed by atoms with Crippen molar-refractivity contribution in [2.45, 2.75) is 45.4 Å². The van der Waals surface area contributed by atoms with Crippen LogP contribution in [0.5, 0.6) is 0 Å². The Labute approximate surface area is 124 Å². The van der Waals surface area contributed by atoms with Crippen molar-refractivity contribution in [2.24, 2.45) is 0 Å². The molecule has 0 N–H and O–H groups in total. The predicted molar refractivity (Wildman–Crippen MR) is 84.9 cm³/mol. The van der Waals surface area contributed by atoms with E-state index in [4.69, 9.17) is 0 Å². The number of benzene rings is 1. The number of carbonyl (C=O) groups is 1. The molecule has 1 nitrogen and oxygen atoms in total. The zero-order valence-corrected chi connectivity index (χ0v) is 12.9. The van der Waals surface area contributed by atoms with Gasteiger partial charge in [0.15, 0.2) is 5.78 Å². The van der Waals surface area contributed by atoms with Gasteiger partial charge in [0.1, 0.15) is 0 Å². The van der Waals surface area contributed by atoms with Crippen LogP contribution in [0.3, 0.4) is 0 Å². The van der Waals surface area contributed by atoms with E-state index in [9.17, 15) is 4.79 Å². The number of ketones is 1. The van der Waals surface area contributed by atoms with Gasteiger partial charge in [0.05, 0.1) is 4.88 Å². The molecule has 0 radical (unpaired) electrons. The van der Waals surface area contributed by atoms with Gasteiger partial charge in [0.2, 0.25) is 0 Å². The number of carbonyl (C=O) groups excluding carboxylic acids is 1. The number of hydrogen-bond acceptors (Lipinski definition) is 2. The average molecular weight is 284 g/mol. The van der Waals surface area contributed by atoms with Gasteiger partial charge in [-0.1, -0.05) is 24.3 Å². The van der Waals surface area contributed by atoms with Gasteiger partial charge in [-0.2, -0.15) is 0 Å². The molecule has 0 bridgehead atoms. The second-order valence-corrected chi connectivity index (χ2v) is 7.02. The zero-order chi connectivity index (χ0) is 14.1. The Morgan fingerprint density at radius 3 is 2.85 bits per heavy atom. The van der Waals surface area contributed by atoms with Crippen molar-refractivity contribution in [3.8, 4) is 0 Å². The number of hydrogen-bond donors (Lipinski definition) is 0. The molecule has 0 amide bonds. The third kappa shape index (κ3) is 2.57. The van der Waals surface area contributed by atoms with Crippen LogP contribution in [0.25, 0.3) is 0 Å². The Kier molecular flexibility index (Phi) is 3.75. The summed E-state index contributed by atoms with van der Waals surface area (Å²) in [5.41, 5.74) is 4.08. The highest BCUT2D eigenvalue weighted by Crippen LogP contribution is 2.35. The van der Waals surface area contributed by atoms with Crippen LogP contribution in [0.2, 0.25) is 0 Å². The Balaban J connectivity index is 1.80. The molecule has 0 fully saturated rings. The molecule has 1 aliphatic carbocycles. The summed E-state index contributed by atoms with van der Waals surface area (Å²) in [6.07, 6.45) is 4.18. The molecule has 0 saturated heterocycles. The minimum atomic E-state index is 0.313. The van der Waals surface area contributed by atoms with Crippen LogP contribution in [0.4, 0.5) is 0 Å². The van der Waals surface area contributed by atoms with Crippen LogP contribution >= 0.6 is 11.3 Å². The summed E-state index contributed by atoms with van der Waals surface area (Å²) in [4.78, 5) is 14.7. The highest BCUT2D eigenvalue weighted by atomic mass is 32.1. The van der Waals surface area contributed by atoms with E-state index in [1.165, 1.54) is 28.0 Å².